The SMILES string of the molecule is CCCC1(CC(C)C)CCN(S(=O)(=O)CC)CC1. The molecule has 18 heavy (non-hydrogen) atoms. The standard InChI is InChI=1S/C14H29NO2S/c1-5-7-14(12-13(3)4)8-10-15(11-9-14)18(16,17)6-2/h13H,5-12H2,1-4H3. The number of rotatable bonds is 6. The van der Waals surface area contributed by atoms with Gasteiger partial charge in [0.2, 0.25) is 10.0 Å². The van der Waals surface area contributed by atoms with E-state index in [1.54, 1.807) is 11.2 Å². The molecule has 1 saturated heterocycles. The van der Waals surface area contributed by atoms with Crippen molar-refractivity contribution in [3.05, 3.63) is 0 Å². The van der Waals surface area contributed by atoms with Crippen LogP contribution in [0, 0.1) is 11.3 Å². The van der Waals surface area contributed by atoms with E-state index >= 15 is 0 Å². The largest absolute Gasteiger partial charge is 0.213 e. The Hall–Kier alpha value is -0.0900. The number of hydrogen-bond acceptors (Lipinski definition) is 2. The van der Waals surface area contributed by atoms with Crippen LogP contribution in [0.4, 0.5) is 0 Å². The summed E-state index contributed by atoms with van der Waals surface area (Å²) in [6.07, 6.45) is 5.76. The summed E-state index contributed by atoms with van der Waals surface area (Å²) in [5.41, 5.74) is 0.392. The minimum atomic E-state index is -2.98. The Balaban J connectivity index is 2.68. The summed E-state index contributed by atoms with van der Waals surface area (Å²) in [7, 11) is -2.98. The minimum Gasteiger partial charge on any atom is -0.212 e. The van der Waals surface area contributed by atoms with Crippen LogP contribution in [0.25, 0.3) is 0 Å². The van der Waals surface area contributed by atoms with Crippen molar-refractivity contribution in [2.75, 3.05) is 18.8 Å². The molecule has 0 amide bonds. The van der Waals surface area contributed by atoms with Gasteiger partial charge in [0.15, 0.2) is 0 Å². The molecule has 0 aromatic heterocycles. The smallest absolute Gasteiger partial charge is 0.212 e. The maximum atomic E-state index is 11.9. The molecule has 1 fully saturated rings. The molecule has 0 saturated carbocycles. The molecule has 0 radical (unpaired) electrons. The van der Waals surface area contributed by atoms with Gasteiger partial charge in [-0.2, -0.15) is 0 Å². The number of nitrogens with zero attached hydrogens (tertiary/aromatic N) is 1. The van der Waals surface area contributed by atoms with E-state index in [4.69, 9.17) is 0 Å². The van der Waals surface area contributed by atoms with Crippen LogP contribution >= 0.6 is 0 Å². The first-order valence-corrected chi connectivity index (χ1v) is 8.94. The Morgan fingerprint density at radius 1 is 1.17 bits per heavy atom. The number of sulfonamides is 1. The normalized spacial score (nSPS) is 21.4. The van der Waals surface area contributed by atoms with E-state index in [-0.39, 0.29) is 5.75 Å². The quantitative estimate of drug-likeness (QED) is 0.746. The maximum Gasteiger partial charge on any atom is 0.213 e. The van der Waals surface area contributed by atoms with Gasteiger partial charge >= 0.3 is 0 Å². The summed E-state index contributed by atoms with van der Waals surface area (Å²) < 4.78 is 25.4. The van der Waals surface area contributed by atoms with Crippen LogP contribution in [0.5, 0.6) is 0 Å². The van der Waals surface area contributed by atoms with Gasteiger partial charge in [-0.3, -0.25) is 0 Å². The van der Waals surface area contributed by atoms with E-state index in [0.717, 1.165) is 25.9 Å². The number of piperidine rings is 1. The highest BCUT2D eigenvalue weighted by Gasteiger charge is 2.37. The summed E-state index contributed by atoms with van der Waals surface area (Å²) in [6, 6.07) is 0. The average Bonchev–Trinajstić information content (AvgIpc) is 2.29. The molecular weight excluding hydrogens is 246 g/mol. The van der Waals surface area contributed by atoms with E-state index in [1.165, 1.54) is 19.3 Å². The van der Waals surface area contributed by atoms with Gasteiger partial charge in [-0.15, -0.1) is 0 Å². The fourth-order valence-electron chi connectivity index (χ4n) is 3.37. The van der Waals surface area contributed by atoms with E-state index in [2.05, 4.69) is 20.8 Å². The lowest BCUT2D eigenvalue weighted by atomic mass is 9.70. The third kappa shape index (κ3) is 3.95. The van der Waals surface area contributed by atoms with Crippen molar-refractivity contribution in [1.82, 2.24) is 4.31 Å². The Morgan fingerprint density at radius 3 is 2.11 bits per heavy atom. The molecule has 3 nitrogen and oxygen atoms in total. The van der Waals surface area contributed by atoms with Crippen LogP contribution in [0.3, 0.4) is 0 Å². The Bertz CT molecular complexity index is 341. The zero-order valence-corrected chi connectivity index (χ0v) is 13.2. The van der Waals surface area contributed by atoms with Gasteiger partial charge in [0.25, 0.3) is 0 Å². The van der Waals surface area contributed by atoms with Gasteiger partial charge in [-0.05, 0) is 43.9 Å². The molecule has 0 spiro atoms. The highest BCUT2D eigenvalue weighted by atomic mass is 32.2. The first kappa shape index (κ1) is 16.0. The maximum absolute atomic E-state index is 11.9. The van der Waals surface area contributed by atoms with Gasteiger partial charge in [0.05, 0.1) is 5.75 Å². The molecule has 1 heterocycles. The van der Waals surface area contributed by atoms with Crippen molar-refractivity contribution in [3.63, 3.8) is 0 Å². The molecule has 1 aliphatic heterocycles. The monoisotopic (exact) mass is 275 g/mol. The molecule has 108 valence electrons. The molecule has 0 N–H and O–H groups in total. The average molecular weight is 275 g/mol. The first-order valence-electron chi connectivity index (χ1n) is 7.33. The fourth-order valence-corrected chi connectivity index (χ4v) is 4.48. The van der Waals surface area contributed by atoms with E-state index in [9.17, 15) is 8.42 Å². The van der Waals surface area contributed by atoms with Crippen LogP contribution in [-0.4, -0.2) is 31.6 Å². The minimum absolute atomic E-state index is 0.234. The van der Waals surface area contributed by atoms with Gasteiger partial charge in [-0.25, -0.2) is 12.7 Å². The lowest BCUT2D eigenvalue weighted by Crippen LogP contribution is -2.44. The zero-order chi connectivity index (χ0) is 13.8. The van der Waals surface area contributed by atoms with Crippen molar-refractivity contribution in [1.29, 1.82) is 0 Å². The highest BCUT2D eigenvalue weighted by Crippen LogP contribution is 2.42. The third-order valence-corrected chi connectivity index (χ3v) is 6.04. The van der Waals surface area contributed by atoms with Gasteiger partial charge in [0, 0.05) is 13.1 Å². The summed E-state index contributed by atoms with van der Waals surface area (Å²) in [5.74, 6) is 0.934. The topological polar surface area (TPSA) is 37.4 Å². The van der Waals surface area contributed by atoms with Crippen LogP contribution in [0.15, 0.2) is 0 Å². The lowest BCUT2D eigenvalue weighted by molar-refractivity contribution is 0.111. The Kier molecular flexibility index (Phi) is 5.66. The van der Waals surface area contributed by atoms with Crippen molar-refractivity contribution in [3.8, 4) is 0 Å². The molecule has 1 aliphatic rings. The molecule has 0 unspecified atom stereocenters. The van der Waals surface area contributed by atoms with Crippen molar-refractivity contribution in [2.24, 2.45) is 11.3 Å². The van der Waals surface area contributed by atoms with Crippen molar-refractivity contribution >= 4 is 10.0 Å². The predicted molar refractivity (Wildman–Crippen MR) is 77.1 cm³/mol. The van der Waals surface area contributed by atoms with Crippen LogP contribution in [0.2, 0.25) is 0 Å². The van der Waals surface area contributed by atoms with Crippen molar-refractivity contribution in [2.45, 2.75) is 59.8 Å². The molecule has 4 heteroatoms. The summed E-state index contributed by atoms with van der Waals surface area (Å²) in [4.78, 5) is 0. The Morgan fingerprint density at radius 2 is 1.72 bits per heavy atom. The number of hydrogen-bond donors (Lipinski definition) is 0. The lowest BCUT2D eigenvalue weighted by Gasteiger charge is -2.42. The Labute approximate surface area is 113 Å². The second-order valence-corrected chi connectivity index (χ2v) is 8.41. The molecule has 0 aliphatic carbocycles. The molecule has 0 bridgehead atoms. The van der Waals surface area contributed by atoms with Gasteiger partial charge in [-0.1, -0.05) is 27.2 Å². The van der Waals surface area contributed by atoms with Gasteiger partial charge < -0.3 is 0 Å². The molecule has 0 aromatic carbocycles. The molecular formula is C14H29NO2S. The van der Waals surface area contributed by atoms with E-state index in [0.29, 0.717) is 11.3 Å². The zero-order valence-electron chi connectivity index (χ0n) is 12.4. The third-order valence-electron chi connectivity index (χ3n) is 4.16. The van der Waals surface area contributed by atoms with Crippen LogP contribution < -0.4 is 0 Å². The molecule has 0 atom stereocenters. The first-order chi connectivity index (χ1) is 8.35. The fraction of sp³-hybridized carbons (Fsp3) is 1.00. The summed E-state index contributed by atoms with van der Waals surface area (Å²) in [6.45, 7) is 9.96. The highest BCUT2D eigenvalue weighted by molar-refractivity contribution is 7.89. The van der Waals surface area contributed by atoms with Crippen LogP contribution in [0.1, 0.15) is 59.8 Å². The van der Waals surface area contributed by atoms with E-state index in [1.807, 2.05) is 0 Å². The van der Waals surface area contributed by atoms with Gasteiger partial charge in [0.1, 0.15) is 0 Å². The second-order valence-electron chi connectivity index (χ2n) is 6.15. The van der Waals surface area contributed by atoms with Crippen LogP contribution in [-0.2, 0) is 10.0 Å². The summed E-state index contributed by atoms with van der Waals surface area (Å²) >= 11 is 0. The second kappa shape index (κ2) is 6.38. The molecule has 1 rings (SSSR count). The van der Waals surface area contributed by atoms with Crippen molar-refractivity contribution < 1.29 is 8.42 Å². The predicted octanol–water partition coefficient (Wildman–Crippen LogP) is 3.26. The molecule has 0 aromatic rings. The van der Waals surface area contributed by atoms with E-state index < -0.39 is 10.0 Å². The summed E-state index contributed by atoms with van der Waals surface area (Å²) in [5, 5.41) is 0.